The summed E-state index contributed by atoms with van der Waals surface area (Å²) in [7, 11) is -2.45. The third-order valence-corrected chi connectivity index (χ3v) is 6.33. The maximum absolute atomic E-state index is 13.0. The average Bonchev–Trinajstić information content (AvgIpc) is 2.66. The number of ether oxygens (including phenoxy) is 1. The Kier molecular flexibility index (Phi) is 7.13. The van der Waals surface area contributed by atoms with E-state index in [9.17, 15) is 18.0 Å². The first-order valence-electron chi connectivity index (χ1n) is 8.57. The van der Waals surface area contributed by atoms with Crippen molar-refractivity contribution in [2.75, 3.05) is 26.7 Å². The molecule has 1 aliphatic rings. The van der Waals surface area contributed by atoms with E-state index in [1.807, 2.05) is 0 Å². The number of nitrogens with one attached hydrogen (secondary N) is 1. The number of amides is 1. The zero-order valence-electron chi connectivity index (χ0n) is 14.8. The zero-order chi connectivity index (χ0) is 19.2. The number of hydrogen-bond acceptors (Lipinski definition) is 6. The molecule has 1 unspecified atom stereocenters. The number of nitrogens with two attached hydrogens (primary N) is 1. The Hall–Kier alpha value is -1.97. The van der Waals surface area contributed by atoms with Crippen LogP contribution < -0.4 is 11.1 Å². The second kappa shape index (κ2) is 9.11. The van der Waals surface area contributed by atoms with Gasteiger partial charge >= 0.3 is 5.97 Å². The average molecular weight is 383 g/mol. The van der Waals surface area contributed by atoms with E-state index in [1.165, 1.54) is 35.7 Å². The van der Waals surface area contributed by atoms with E-state index in [2.05, 4.69) is 10.1 Å². The molecule has 1 fully saturated rings. The molecular formula is C17H25N3O5S. The van der Waals surface area contributed by atoms with Crippen LogP contribution in [0.15, 0.2) is 29.2 Å². The van der Waals surface area contributed by atoms with Crippen molar-refractivity contribution in [2.24, 2.45) is 5.73 Å². The minimum atomic E-state index is -3.72. The van der Waals surface area contributed by atoms with Gasteiger partial charge in [-0.3, -0.25) is 4.79 Å². The number of sulfonamides is 1. The van der Waals surface area contributed by atoms with Crippen LogP contribution in [0.25, 0.3) is 0 Å². The Balaban J connectivity index is 2.16. The largest absolute Gasteiger partial charge is 0.465 e. The zero-order valence-corrected chi connectivity index (χ0v) is 15.6. The van der Waals surface area contributed by atoms with Crippen molar-refractivity contribution < 1.29 is 22.7 Å². The lowest BCUT2D eigenvalue weighted by molar-refractivity contribution is -0.121. The second-order valence-electron chi connectivity index (χ2n) is 6.12. The van der Waals surface area contributed by atoms with E-state index in [0.29, 0.717) is 13.0 Å². The van der Waals surface area contributed by atoms with Gasteiger partial charge in [-0.05, 0) is 37.1 Å². The summed E-state index contributed by atoms with van der Waals surface area (Å²) in [4.78, 5) is 23.3. The van der Waals surface area contributed by atoms with Crippen LogP contribution >= 0.6 is 0 Å². The number of rotatable bonds is 7. The normalized spacial score (nSPS) is 18.3. The van der Waals surface area contributed by atoms with Gasteiger partial charge in [0, 0.05) is 32.1 Å². The van der Waals surface area contributed by atoms with Gasteiger partial charge in [0.15, 0.2) is 0 Å². The van der Waals surface area contributed by atoms with Crippen molar-refractivity contribution in [3.8, 4) is 0 Å². The number of carbonyl (C=O) groups excluding carboxylic acids is 2. The molecule has 9 heteroatoms. The molecule has 26 heavy (non-hydrogen) atoms. The number of hydrogen-bond donors (Lipinski definition) is 2. The summed E-state index contributed by atoms with van der Waals surface area (Å²) in [6.07, 6.45) is 2.58. The highest BCUT2D eigenvalue weighted by atomic mass is 32.2. The number of benzene rings is 1. The van der Waals surface area contributed by atoms with E-state index >= 15 is 0 Å². The second-order valence-corrected chi connectivity index (χ2v) is 8.01. The van der Waals surface area contributed by atoms with E-state index < -0.39 is 16.0 Å². The molecule has 0 bridgehead atoms. The quantitative estimate of drug-likeness (QED) is 0.661. The summed E-state index contributed by atoms with van der Waals surface area (Å²) in [5.41, 5.74) is 5.64. The molecule has 2 rings (SSSR count). The fourth-order valence-corrected chi connectivity index (χ4v) is 4.65. The molecule has 0 saturated carbocycles. The predicted octanol–water partition coefficient (Wildman–Crippen LogP) is 0.481. The van der Waals surface area contributed by atoms with Gasteiger partial charge < -0.3 is 15.8 Å². The summed E-state index contributed by atoms with van der Waals surface area (Å²) in [6.45, 7) is 0.919. The van der Waals surface area contributed by atoms with Crippen molar-refractivity contribution in [2.45, 2.75) is 36.6 Å². The van der Waals surface area contributed by atoms with Crippen molar-refractivity contribution in [3.05, 3.63) is 29.8 Å². The van der Waals surface area contributed by atoms with Crippen molar-refractivity contribution in [1.82, 2.24) is 9.62 Å². The molecular weight excluding hydrogens is 358 g/mol. The molecule has 8 nitrogen and oxygen atoms in total. The molecule has 3 N–H and O–H groups in total. The van der Waals surface area contributed by atoms with Crippen LogP contribution in [0, 0.1) is 0 Å². The van der Waals surface area contributed by atoms with E-state index in [1.54, 1.807) is 0 Å². The summed E-state index contributed by atoms with van der Waals surface area (Å²) >= 11 is 0. The molecule has 0 aromatic heterocycles. The third-order valence-electron chi connectivity index (χ3n) is 4.36. The van der Waals surface area contributed by atoms with Crippen molar-refractivity contribution in [3.63, 3.8) is 0 Å². The van der Waals surface area contributed by atoms with E-state index in [0.717, 1.165) is 12.8 Å². The van der Waals surface area contributed by atoms with Crippen LogP contribution in [0.1, 0.15) is 36.0 Å². The van der Waals surface area contributed by atoms with Crippen LogP contribution in [-0.4, -0.2) is 57.4 Å². The number of nitrogens with zero attached hydrogens (tertiary/aromatic N) is 1. The standard InChI is InChI=1S/C17H25N3O5S/c1-25-17(22)13-5-7-15(8-6-13)26(23,24)20-11-3-2-4-14(20)12-19-16(21)9-10-18/h5-8,14H,2-4,9-12,18H2,1H3,(H,19,21). The lowest BCUT2D eigenvalue weighted by Crippen LogP contribution is -2.49. The number of esters is 1. The monoisotopic (exact) mass is 383 g/mol. The number of methoxy groups -OCH3 is 1. The maximum atomic E-state index is 13.0. The fraction of sp³-hybridized carbons (Fsp3) is 0.529. The van der Waals surface area contributed by atoms with Crippen LogP contribution in [-0.2, 0) is 19.6 Å². The van der Waals surface area contributed by atoms with E-state index in [-0.39, 0.29) is 41.9 Å². The molecule has 1 aromatic carbocycles. The topological polar surface area (TPSA) is 119 Å². The highest BCUT2D eigenvalue weighted by Gasteiger charge is 2.33. The Morgan fingerprint density at radius 2 is 1.96 bits per heavy atom. The van der Waals surface area contributed by atoms with E-state index in [4.69, 9.17) is 5.73 Å². The Morgan fingerprint density at radius 3 is 2.58 bits per heavy atom. The van der Waals surface area contributed by atoms with Crippen LogP contribution in [0.3, 0.4) is 0 Å². The van der Waals surface area contributed by atoms with Gasteiger partial charge in [-0.2, -0.15) is 4.31 Å². The highest BCUT2D eigenvalue weighted by Crippen LogP contribution is 2.25. The van der Waals surface area contributed by atoms with Gasteiger partial charge in [-0.15, -0.1) is 0 Å². The minimum absolute atomic E-state index is 0.116. The predicted molar refractivity (Wildman–Crippen MR) is 96.0 cm³/mol. The smallest absolute Gasteiger partial charge is 0.337 e. The lowest BCUT2D eigenvalue weighted by atomic mass is 10.1. The molecule has 144 valence electrons. The molecule has 1 aliphatic heterocycles. The molecule has 0 aliphatic carbocycles. The van der Waals surface area contributed by atoms with Gasteiger partial charge in [0.25, 0.3) is 0 Å². The molecule has 0 spiro atoms. The van der Waals surface area contributed by atoms with Crippen LogP contribution in [0.2, 0.25) is 0 Å². The SMILES string of the molecule is COC(=O)c1ccc(S(=O)(=O)N2CCCCC2CNC(=O)CCN)cc1. The van der Waals surface area contributed by atoms with Crippen LogP contribution in [0.5, 0.6) is 0 Å². The molecule has 1 amide bonds. The maximum Gasteiger partial charge on any atom is 0.337 e. The summed E-state index contributed by atoms with van der Waals surface area (Å²) in [5, 5.41) is 2.75. The molecule has 1 aromatic rings. The Bertz CT molecular complexity index is 733. The summed E-state index contributed by atoms with van der Waals surface area (Å²) in [5.74, 6) is -0.703. The first kappa shape index (κ1) is 20.3. The highest BCUT2D eigenvalue weighted by molar-refractivity contribution is 7.89. The van der Waals surface area contributed by atoms with Crippen molar-refractivity contribution in [1.29, 1.82) is 0 Å². The lowest BCUT2D eigenvalue weighted by Gasteiger charge is -2.34. The minimum Gasteiger partial charge on any atom is -0.465 e. The number of piperidine rings is 1. The summed E-state index contributed by atoms with van der Waals surface area (Å²) < 4.78 is 32.0. The Labute approximate surface area is 153 Å². The molecule has 1 heterocycles. The van der Waals surface area contributed by atoms with Gasteiger partial charge in [0.05, 0.1) is 17.6 Å². The van der Waals surface area contributed by atoms with Gasteiger partial charge in [-0.25, -0.2) is 13.2 Å². The van der Waals surface area contributed by atoms with Crippen LogP contribution in [0.4, 0.5) is 0 Å². The number of carbonyl (C=O) groups is 2. The summed E-state index contributed by atoms with van der Waals surface area (Å²) in [6, 6.07) is 5.37. The molecule has 0 radical (unpaired) electrons. The third kappa shape index (κ3) is 4.80. The first-order valence-corrected chi connectivity index (χ1v) is 10.0. The molecule has 1 saturated heterocycles. The first-order chi connectivity index (χ1) is 12.4. The van der Waals surface area contributed by atoms with Gasteiger partial charge in [0.2, 0.25) is 15.9 Å². The fourth-order valence-electron chi connectivity index (χ4n) is 2.96. The van der Waals surface area contributed by atoms with Gasteiger partial charge in [-0.1, -0.05) is 6.42 Å². The Morgan fingerprint density at radius 1 is 1.27 bits per heavy atom. The molecule has 1 atom stereocenters. The van der Waals surface area contributed by atoms with Gasteiger partial charge in [0.1, 0.15) is 0 Å². The van der Waals surface area contributed by atoms with Crippen molar-refractivity contribution >= 4 is 21.9 Å².